The number of methoxy groups -OCH3 is 3. The van der Waals surface area contributed by atoms with E-state index in [9.17, 15) is 33.0 Å². The largest absolute Gasteiger partial charge is 0.506 e. The number of carboxylic acid groups (broad SMARTS) is 1. The number of ether oxygens (including phenoxy) is 3. The molecule has 3 N–H and O–H groups in total. The van der Waals surface area contributed by atoms with Gasteiger partial charge in [-0.2, -0.15) is 13.2 Å². The smallest absolute Gasteiger partial charge is 0.432 e. The summed E-state index contributed by atoms with van der Waals surface area (Å²) in [6.07, 6.45) is -5.06. The van der Waals surface area contributed by atoms with E-state index in [1.807, 2.05) is 4.98 Å². The summed E-state index contributed by atoms with van der Waals surface area (Å²) in [4.78, 5) is 28.9. The number of aromatic amines is 1. The molecule has 3 heterocycles. The van der Waals surface area contributed by atoms with Crippen LogP contribution in [0.3, 0.4) is 0 Å². The summed E-state index contributed by atoms with van der Waals surface area (Å²) >= 11 is 6.15. The van der Waals surface area contributed by atoms with Crippen LogP contribution in [0.15, 0.2) is 18.2 Å². The number of aromatic hydroxyl groups is 1. The van der Waals surface area contributed by atoms with Gasteiger partial charge in [-0.25, -0.2) is 4.79 Å². The minimum absolute atomic E-state index is 0.00273. The van der Waals surface area contributed by atoms with Crippen molar-refractivity contribution in [1.29, 1.82) is 0 Å². The first-order chi connectivity index (χ1) is 19.0. The summed E-state index contributed by atoms with van der Waals surface area (Å²) in [5.74, 6) is -3.39. The van der Waals surface area contributed by atoms with Gasteiger partial charge in [-0.1, -0.05) is 0 Å². The first kappa shape index (κ1) is 27.1. The van der Waals surface area contributed by atoms with Crippen molar-refractivity contribution >= 4 is 51.0 Å². The van der Waals surface area contributed by atoms with E-state index in [1.165, 1.54) is 27.4 Å². The quantitative estimate of drug-likeness (QED) is 0.280. The van der Waals surface area contributed by atoms with Gasteiger partial charge in [0.05, 0.1) is 43.5 Å². The highest BCUT2D eigenvalue weighted by molar-refractivity contribution is 6.20. The second-order valence-electron chi connectivity index (χ2n) is 8.83. The lowest BCUT2D eigenvalue weighted by molar-refractivity contribution is -0.141. The Balaban J connectivity index is 1.71. The summed E-state index contributed by atoms with van der Waals surface area (Å²) in [7, 11) is 4.22. The number of amides is 1. The van der Waals surface area contributed by atoms with E-state index in [4.69, 9.17) is 25.8 Å². The molecule has 4 aromatic rings. The fraction of sp³-hybridized carbons (Fsp3) is 0.280. The number of phenolic OH excluding ortho intramolecular Hbond substituents is 1. The van der Waals surface area contributed by atoms with E-state index in [-0.39, 0.29) is 46.3 Å². The number of aromatic carboxylic acids is 1. The average Bonchev–Trinajstić information content (AvgIpc) is 3.50. The maximum Gasteiger partial charge on any atom is 0.432 e. The molecule has 0 bridgehead atoms. The van der Waals surface area contributed by atoms with E-state index in [0.717, 1.165) is 11.0 Å². The zero-order valence-corrected chi connectivity index (χ0v) is 21.8. The van der Waals surface area contributed by atoms with E-state index in [0.29, 0.717) is 16.7 Å². The Labute approximate surface area is 228 Å². The van der Waals surface area contributed by atoms with Gasteiger partial charge in [0.15, 0.2) is 17.2 Å². The lowest BCUT2D eigenvalue weighted by Crippen LogP contribution is -2.31. The van der Waals surface area contributed by atoms with Gasteiger partial charge >= 0.3 is 12.1 Å². The van der Waals surface area contributed by atoms with Crippen molar-refractivity contribution < 1.29 is 47.2 Å². The zero-order chi connectivity index (χ0) is 29.1. The number of anilines is 1. The highest BCUT2D eigenvalue weighted by Crippen LogP contribution is 2.49. The number of hydrogen-bond acceptors (Lipinski definition) is 8. The van der Waals surface area contributed by atoms with Crippen molar-refractivity contribution in [2.24, 2.45) is 0 Å². The molecular formula is C25H20ClF3N4O7. The highest BCUT2D eigenvalue weighted by Gasteiger charge is 2.43. The third-order valence-corrected chi connectivity index (χ3v) is 7.09. The number of hydrogen-bond donors (Lipinski definition) is 3. The van der Waals surface area contributed by atoms with Crippen LogP contribution in [-0.2, 0) is 6.18 Å². The molecule has 2 aromatic carbocycles. The Hall–Kier alpha value is -4.46. The number of H-pyrrole nitrogens is 1. The standard InChI is InChI=1S/C25H20ClF3N4O7/c1-38-15-5-11-10(20(39-2)21(15)40-3)4-12(32-31-11)23(35)33-8-9(7-26)16-13(33)6-14(34)19-17(16)18(24(36)37)22(30-19)25(27,28)29/h4-6,9,30,34H,7-8H2,1-3H3,(H,36,37)/t9-/m1/s1. The lowest BCUT2D eigenvalue weighted by Gasteiger charge is -2.18. The van der Waals surface area contributed by atoms with E-state index < -0.39 is 46.5 Å². The van der Waals surface area contributed by atoms with Gasteiger partial charge in [-0.15, -0.1) is 21.8 Å². The van der Waals surface area contributed by atoms with Crippen LogP contribution < -0.4 is 19.1 Å². The minimum Gasteiger partial charge on any atom is -0.506 e. The van der Waals surface area contributed by atoms with Gasteiger partial charge < -0.3 is 34.3 Å². The van der Waals surface area contributed by atoms with Crippen LogP contribution in [0.4, 0.5) is 18.9 Å². The van der Waals surface area contributed by atoms with Crippen molar-refractivity contribution in [1.82, 2.24) is 15.2 Å². The molecule has 0 saturated carbocycles. The number of fused-ring (bicyclic) bond motifs is 4. The molecule has 0 saturated heterocycles. The van der Waals surface area contributed by atoms with Crippen LogP contribution in [0.2, 0.25) is 0 Å². The molecule has 2 aromatic heterocycles. The molecule has 0 fully saturated rings. The second-order valence-corrected chi connectivity index (χ2v) is 9.14. The van der Waals surface area contributed by atoms with E-state index >= 15 is 0 Å². The van der Waals surface area contributed by atoms with Crippen molar-refractivity contribution in [2.75, 3.05) is 38.7 Å². The predicted molar refractivity (Wildman–Crippen MR) is 136 cm³/mol. The summed E-state index contributed by atoms with van der Waals surface area (Å²) in [6.45, 7) is -0.120. The number of carboxylic acids is 1. The number of rotatable bonds is 6. The second kappa shape index (κ2) is 9.62. The van der Waals surface area contributed by atoms with Crippen molar-refractivity contribution in [3.05, 3.63) is 40.7 Å². The number of halogens is 4. The Bertz CT molecular complexity index is 1710. The molecule has 0 radical (unpaired) electrons. The van der Waals surface area contributed by atoms with E-state index in [1.54, 1.807) is 6.07 Å². The monoisotopic (exact) mass is 580 g/mol. The molecular weight excluding hydrogens is 561 g/mol. The molecule has 15 heteroatoms. The van der Waals surface area contributed by atoms with Gasteiger partial charge in [0.2, 0.25) is 5.75 Å². The number of nitrogens with one attached hydrogen (secondary N) is 1. The van der Waals surface area contributed by atoms with Crippen LogP contribution in [0.5, 0.6) is 23.0 Å². The van der Waals surface area contributed by atoms with Gasteiger partial charge in [0.1, 0.15) is 17.0 Å². The molecule has 1 amide bonds. The van der Waals surface area contributed by atoms with Crippen molar-refractivity contribution in [3.8, 4) is 23.0 Å². The van der Waals surface area contributed by atoms with Crippen molar-refractivity contribution in [3.63, 3.8) is 0 Å². The molecule has 11 nitrogen and oxygen atoms in total. The Morgan fingerprint density at radius 2 is 1.82 bits per heavy atom. The summed E-state index contributed by atoms with van der Waals surface area (Å²) in [6, 6.07) is 4.03. The van der Waals surface area contributed by atoms with E-state index in [2.05, 4.69) is 10.2 Å². The van der Waals surface area contributed by atoms with Gasteiger partial charge in [-0.3, -0.25) is 4.79 Å². The van der Waals surface area contributed by atoms with Crippen LogP contribution in [-0.4, -0.2) is 71.0 Å². The SMILES string of the molecule is COc1cc2nnc(C(=O)N3C[C@@H](CCl)c4c3cc(O)c3[nH]c(C(F)(F)F)c(C(=O)O)c43)cc2c(OC)c1OC. The number of carbonyl (C=O) groups is 2. The van der Waals surface area contributed by atoms with Crippen molar-refractivity contribution in [2.45, 2.75) is 12.1 Å². The minimum atomic E-state index is -5.06. The summed E-state index contributed by atoms with van der Waals surface area (Å²) in [5.41, 5.74) is -2.80. The predicted octanol–water partition coefficient (Wildman–Crippen LogP) is 4.54. The average molecular weight is 581 g/mol. The van der Waals surface area contributed by atoms with Crippen LogP contribution in [0.25, 0.3) is 21.8 Å². The maximum absolute atomic E-state index is 13.7. The fourth-order valence-corrected chi connectivity index (χ4v) is 5.32. The van der Waals surface area contributed by atoms with Crippen LogP contribution >= 0.6 is 11.6 Å². The molecule has 5 rings (SSSR count). The molecule has 40 heavy (non-hydrogen) atoms. The number of carbonyl (C=O) groups excluding carboxylic acids is 1. The Morgan fingerprint density at radius 1 is 1.12 bits per heavy atom. The highest BCUT2D eigenvalue weighted by atomic mass is 35.5. The molecule has 210 valence electrons. The maximum atomic E-state index is 13.7. The molecule has 0 aliphatic carbocycles. The first-order valence-corrected chi connectivity index (χ1v) is 12.1. The van der Waals surface area contributed by atoms with Gasteiger partial charge in [-0.05, 0) is 11.6 Å². The third kappa shape index (κ3) is 3.97. The topological polar surface area (TPSA) is 147 Å². The fourth-order valence-electron chi connectivity index (χ4n) is 5.06. The lowest BCUT2D eigenvalue weighted by atomic mass is 9.95. The third-order valence-electron chi connectivity index (χ3n) is 6.72. The number of alkyl halides is 4. The first-order valence-electron chi connectivity index (χ1n) is 11.5. The molecule has 1 aliphatic rings. The van der Waals surface area contributed by atoms with Crippen LogP contribution in [0, 0.1) is 0 Å². The summed E-state index contributed by atoms with van der Waals surface area (Å²) in [5, 5.41) is 28.4. The molecule has 0 spiro atoms. The summed E-state index contributed by atoms with van der Waals surface area (Å²) < 4.78 is 57.3. The normalized spacial score (nSPS) is 15.0. The van der Waals surface area contributed by atoms with Crippen LogP contribution in [0.1, 0.15) is 38.0 Å². The Kier molecular flexibility index (Phi) is 6.53. The number of nitrogens with zero attached hydrogens (tertiary/aromatic N) is 3. The Morgan fingerprint density at radius 3 is 2.40 bits per heavy atom. The van der Waals surface area contributed by atoms with Gasteiger partial charge in [0.25, 0.3) is 5.91 Å². The van der Waals surface area contributed by atoms with Gasteiger partial charge in [0, 0.05) is 35.9 Å². The zero-order valence-electron chi connectivity index (χ0n) is 21.0. The number of aromatic nitrogens is 3. The number of benzene rings is 2. The molecule has 1 aliphatic heterocycles. The molecule has 0 unspecified atom stereocenters. The number of phenols is 1. The molecule has 1 atom stereocenters.